The van der Waals surface area contributed by atoms with Crippen LogP contribution in [-0.2, 0) is 4.79 Å². The molecule has 0 spiro atoms. The number of Topliss-reactive ketones (excluding diaryl/α,β-unsaturated/α-hetero) is 1. The molecule has 0 aliphatic heterocycles. The largest absolute Gasteiger partial charge is 0.294 e. The zero-order valence-electron chi connectivity index (χ0n) is 10.6. The molecule has 1 rings (SSSR count). The Bertz CT molecular complexity index is 243. The third-order valence-corrected chi connectivity index (χ3v) is 4.20. The van der Waals surface area contributed by atoms with Crippen LogP contribution in [0.4, 0.5) is 0 Å². The van der Waals surface area contributed by atoms with Crippen molar-refractivity contribution in [3.8, 4) is 0 Å². The second-order valence-corrected chi connectivity index (χ2v) is 6.04. The molecule has 0 unspecified atom stereocenters. The summed E-state index contributed by atoms with van der Waals surface area (Å²) < 4.78 is 0. The first-order valence-corrected chi connectivity index (χ1v) is 7.65. The Morgan fingerprint density at radius 2 is 2.06 bits per heavy atom. The van der Waals surface area contributed by atoms with Crippen molar-refractivity contribution in [2.24, 2.45) is 5.92 Å². The lowest BCUT2D eigenvalue weighted by Gasteiger charge is -2.10. The van der Waals surface area contributed by atoms with Crippen LogP contribution in [0.2, 0.25) is 0 Å². The second-order valence-electron chi connectivity index (χ2n) is 5.01. The highest BCUT2D eigenvalue weighted by Crippen LogP contribution is 2.19. The van der Waals surface area contributed by atoms with Crippen LogP contribution in [-0.4, -0.2) is 17.3 Å². The van der Waals surface area contributed by atoms with Gasteiger partial charge in [-0.2, -0.15) is 11.8 Å². The van der Waals surface area contributed by atoms with E-state index in [0.717, 1.165) is 24.2 Å². The number of hydrogen-bond acceptors (Lipinski definition) is 2. The normalized spacial score (nSPS) is 17.8. The van der Waals surface area contributed by atoms with Gasteiger partial charge in [0, 0.05) is 0 Å². The van der Waals surface area contributed by atoms with E-state index in [9.17, 15) is 4.79 Å². The van der Waals surface area contributed by atoms with Crippen molar-refractivity contribution in [2.75, 3.05) is 11.5 Å². The van der Waals surface area contributed by atoms with Gasteiger partial charge in [-0.05, 0) is 42.9 Å². The second kappa shape index (κ2) is 7.94. The summed E-state index contributed by atoms with van der Waals surface area (Å²) in [7, 11) is 0. The SMILES string of the molecule is CC(C)CSCC(=O)C1=CCCCCCC1. The van der Waals surface area contributed by atoms with Crippen LogP contribution < -0.4 is 0 Å². The molecule has 0 atom stereocenters. The van der Waals surface area contributed by atoms with E-state index in [1.807, 2.05) is 0 Å². The van der Waals surface area contributed by atoms with E-state index in [4.69, 9.17) is 0 Å². The molecule has 0 N–H and O–H groups in total. The van der Waals surface area contributed by atoms with Crippen LogP contribution in [0, 0.1) is 5.92 Å². The van der Waals surface area contributed by atoms with Crippen LogP contribution in [0.15, 0.2) is 11.6 Å². The molecule has 92 valence electrons. The predicted molar refractivity (Wildman–Crippen MR) is 73.0 cm³/mol. The third kappa shape index (κ3) is 5.74. The minimum atomic E-state index is 0.382. The average molecular weight is 240 g/mol. The van der Waals surface area contributed by atoms with E-state index in [1.165, 1.54) is 25.7 Å². The summed E-state index contributed by atoms with van der Waals surface area (Å²) in [6.07, 6.45) is 9.40. The molecule has 0 fully saturated rings. The van der Waals surface area contributed by atoms with E-state index >= 15 is 0 Å². The Hall–Kier alpha value is -0.240. The number of rotatable bonds is 5. The van der Waals surface area contributed by atoms with Crippen molar-refractivity contribution >= 4 is 17.5 Å². The van der Waals surface area contributed by atoms with Gasteiger partial charge in [-0.25, -0.2) is 0 Å². The van der Waals surface area contributed by atoms with Crippen LogP contribution >= 0.6 is 11.8 Å². The van der Waals surface area contributed by atoms with Crippen molar-refractivity contribution in [2.45, 2.75) is 52.4 Å². The van der Waals surface area contributed by atoms with E-state index in [0.29, 0.717) is 17.5 Å². The van der Waals surface area contributed by atoms with Crippen molar-refractivity contribution in [1.82, 2.24) is 0 Å². The fraction of sp³-hybridized carbons (Fsp3) is 0.786. The standard InChI is InChI=1S/C14H24OS/c1-12(2)10-16-11-14(15)13-8-6-4-3-5-7-9-13/h8,12H,3-7,9-11H2,1-2H3. The molecule has 2 heteroatoms. The van der Waals surface area contributed by atoms with Gasteiger partial charge in [0.2, 0.25) is 0 Å². The molecule has 0 radical (unpaired) electrons. The van der Waals surface area contributed by atoms with Crippen molar-refractivity contribution in [3.63, 3.8) is 0 Å². The monoisotopic (exact) mass is 240 g/mol. The van der Waals surface area contributed by atoms with Crippen LogP contribution in [0.1, 0.15) is 52.4 Å². The molecule has 0 bridgehead atoms. The number of carbonyl (C=O) groups is 1. The zero-order valence-corrected chi connectivity index (χ0v) is 11.4. The van der Waals surface area contributed by atoms with Gasteiger partial charge in [-0.3, -0.25) is 4.79 Å². The quantitative estimate of drug-likeness (QED) is 0.715. The summed E-state index contributed by atoms with van der Waals surface area (Å²) in [5.74, 6) is 2.85. The fourth-order valence-corrected chi connectivity index (χ4v) is 2.89. The highest BCUT2D eigenvalue weighted by Gasteiger charge is 2.11. The first-order valence-electron chi connectivity index (χ1n) is 6.50. The summed E-state index contributed by atoms with van der Waals surface area (Å²) in [6, 6.07) is 0. The van der Waals surface area contributed by atoms with Gasteiger partial charge >= 0.3 is 0 Å². The minimum absolute atomic E-state index is 0.382. The molecule has 0 amide bonds. The lowest BCUT2D eigenvalue weighted by atomic mass is 9.98. The minimum Gasteiger partial charge on any atom is -0.294 e. The Labute approximate surface area is 104 Å². The Kier molecular flexibility index (Phi) is 6.86. The first-order chi connectivity index (χ1) is 7.70. The molecule has 1 nitrogen and oxygen atoms in total. The van der Waals surface area contributed by atoms with Crippen molar-refractivity contribution in [1.29, 1.82) is 0 Å². The third-order valence-electron chi connectivity index (χ3n) is 2.83. The highest BCUT2D eigenvalue weighted by atomic mass is 32.2. The van der Waals surface area contributed by atoms with Gasteiger partial charge in [0.1, 0.15) is 0 Å². The molecule has 0 aromatic carbocycles. The molecule has 16 heavy (non-hydrogen) atoms. The van der Waals surface area contributed by atoms with Crippen LogP contribution in [0.5, 0.6) is 0 Å². The lowest BCUT2D eigenvalue weighted by molar-refractivity contribution is -0.113. The molecule has 0 saturated carbocycles. The molecule has 0 aromatic rings. The van der Waals surface area contributed by atoms with Crippen LogP contribution in [0.25, 0.3) is 0 Å². The van der Waals surface area contributed by atoms with Crippen molar-refractivity contribution < 1.29 is 4.79 Å². The molecular weight excluding hydrogens is 216 g/mol. The van der Waals surface area contributed by atoms with Crippen LogP contribution in [0.3, 0.4) is 0 Å². The fourth-order valence-electron chi connectivity index (χ4n) is 1.92. The number of hydrogen-bond donors (Lipinski definition) is 0. The van der Waals surface area contributed by atoms with Gasteiger partial charge in [0.15, 0.2) is 5.78 Å². The van der Waals surface area contributed by atoms with Gasteiger partial charge in [0.05, 0.1) is 5.75 Å². The van der Waals surface area contributed by atoms with Gasteiger partial charge in [-0.15, -0.1) is 0 Å². The summed E-state index contributed by atoms with van der Waals surface area (Å²) in [5, 5.41) is 0. The van der Waals surface area contributed by atoms with Gasteiger partial charge < -0.3 is 0 Å². The Balaban J connectivity index is 2.33. The Morgan fingerprint density at radius 1 is 1.31 bits per heavy atom. The predicted octanol–water partition coefficient (Wildman–Crippen LogP) is 4.23. The molecular formula is C14H24OS. The summed E-state index contributed by atoms with van der Waals surface area (Å²) in [5.41, 5.74) is 1.11. The highest BCUT2D eigenvalue weighted by molar-refractivity contribution is 7.99. The van der Waals surface area contributed by atoms with Crippen molar-refractivity contribution in [3.05, 3.63) is 11.6 Å². The average Bonchev–Trinajstić information content (AvgIpc) is 2.15. The van der Waals surface area contributed by atoms with E-state index in [2.05, 4.69) is 19.9 Å². The summed E-state index contributed by atoms with van der Waals surface area (Å²) in [4.78, 5) is 12.0. The lowest BCUT2D eigenvalue weighted by Crippen LogP contribution is -2.08. The number of carbonyl (C=O) groups excluding carboxylic acids is 1. The number of thioether (sulfide) groups is 1. The van der Waals surface area contributed by atoms with Gasteiger partial charge in [-0.1, -0.05) is 32.8 Å². The first kappa shape index (κ1) is 13.8. The molecule has 1 aliphatic carbocycles. The molecule has 0 saturated heterocycles. The maximum atomic E-state index is 12.0. The zero-order chi connectivity index (χ0) is 11.8. The van der Waals surface area contributed by atoms with E-state index < -0.39 is 0 Å². The maximum absolute atomic E-state index is 12.0. The molecule has 0 aromatic heterocycles. The number of ketones is 1. The maximum Gasteiger partial charge on any atom is 0.168 e. The molecule has 1 aliphatic rings. The van der Waals surface area contributed by atoms with Gasteiger partial charge in [0.25, 0.3) is 0 Å². The smallest absolute Gasteiger partial charge is 0.168 e. The van der Waals surface area contributed by atoms with E-state index in [-0.39, 0.29) is 0 Å². The number of allylic oxidation sites excluding steroid dienone is 2. The summed E-state index contributed by atoms with van der Waals surface area (Å²) >= 11 is 1.78. The topological polar surface area (TPSA) is 17.1 Å². The summed E-state index contributed by atoms with van der Waals surface area (Å²) in [6.45, 7) is 4.40. The Morgan fingerprint density at radius 3 is 2.81 bits per heavy atom. The molecule has 0 heterocycles. The van der Waals surface area contributed by atoms with E-state index in [1.54, 1.807) is 11.8 Å².